The van der Waals surface area contributed by atoms with E-state index in [0.29, 0.717) is 6.04 Å². The van der Waals surface area contributed by atoms with Crippen molar-refractivity contribution in [1.29, 1.82) is 0 Å². The van der Waals surface area contributed by atoms with Gasteiger partial charge in [-0.05, 0) is 43.5 Å². The van der Waals surface area contributed by atoms with Crippen LogP contribution in [0.5, 0.6) is 5.75 Å². The van der Waals surface area contributed by atoms with Crippen LogP contribution >= 0.6 is 0 Å². The second kappa shape index (κ2) is 6.24. The Hall–Kier alpha value is -1.02. The van der Waals surface area contributed by atoms with Gasteiger partial charge in [-0.1, -0.05) is 39.8 Å². The maximum absolute atomic E-state index is 5.77. The van der Waals surface area contributed by atoms with Gasteiger partial charge in [0, 0.05) is 6.04 Å². The van der Waals surface area contributed by atoms with E-state index in [1.165, 1.54) is 5.56 Å². The molecule has 0 amide bonds. The van der Waals surface area contributed by atoms with E-state index in [2.05, 4.69) is 65.1 Å². The highest BCUT2D eigenvalue weighted by Gasteiger charge is 2.25. The van der Waals surface area contributed by atoms with Crippen molar-refractivity contribution in [2.45, 2.75) is 53.7 Å². The Bertz CT molecular complexity index is 366. The predicted octanol–water partition coefficient (Wildman–Crippen LogP) is 4.17. The van der Waals surface area contributed by atoms with E-state index in [1.54, 1.807) is 0 Å². The second-order valence-corrected chi connectivity index (χ2v) is 6.10. The summed E-state index contributed by atoms with van der Waals surface area (Å²) in [6.45, 7) is 14.0. The number of nitrogens with one attached hydrogen (secondary N) is 1. The lowest BCUT2D eigenvalue weighted by Gasteiger charge is -2.32. The summed E-state index contributed by atoms with van der Waals surface area (Å²) in [6, 6.07) is 8.76. The highest BCUT2D eigenvalue weighted by atomic mass is 16.5. The fourth-order valence-corrected chi connectivity index (χ4v) is 2.17. The predicted molar refractivity (Wildman–Crippen MR) is 78.1 cm³/mol. The summed E-state index contributed by atoms with van der Waals surface area (Å²) < 4.78 is 5.77. The van der Waals surface area contributed by atoms with E-state index >= 15 is 0 Å². The summed E-state index contributed by atoms with van der Waals surface area (Å²) in [4.78, 5) is 0. The fraction of sp³-hybridized carbons (Fsp3) is 0.625. The molecule has 0 spiro atoms. The standard InChI is InChI=1S/C16H27NO/c1-7-17-15(16(4,5)6)13-9-8-10-14(11-13)18-12(2)3/h8-12,15,17H,7H2,1-6H3. The van der Waals surface area contributed by atoms with Crippen LogP contribution in [0, 0.1) is 5.41 Å². The molecule has 0 aliphatic rings. The topological polar surface area (TPSA) is 21.3 Å². The van der Waals surface area contributed by atoms with Crippen molar-refractivity contribution in [3.8, 4) is 5.75 Å². The smallest absolute Gasteiger partial charge is 0.120 e. The number of hydrogen-bond donors (Lipinski definition) is 1. The molecule has 0 aliphatic heterocycles. The van der Waals surface area contributed by atoms with Gasteiger partial charge in [0.05, 0.1) is 6.10 Å². The van der Waals surface area contributed by atoms with Crippen molar-refractivity contribution in [1.82, 2.24) is 5.32 Å². The molecule has 102 valence electrons. The molecule has 2 nitrogen and oxygen atoms in total. The van der Waals surface area contributed by atoms with Gasteiger partial charge in [0.2, 0.25) is 0 Å². The Labute approximate surface area is 112 Å². The molecule has 0 saturated heterocycles. The van der Waals surface area contributed by atoms with Gasteiger partial charge in [0.1, 0.15) is 5.75 Å². The van der Waals surface area contributed by atoms with Crippen LogP contribution in [0.3, 0.4) is 0 Å². The molecule has 0 aromatic heterocycles. The minimum Gasteiger partial charge on any atom is -0.491 e. The van der Waals surface area contributed by atoms with Crippen LogP contribution in [-0.2, 0) is 0 Å². The number of hydrogen-bond acceptors (Lipinski definition) is 2. The molecule has 0 aliphatic carbocycles. The minimum absolute atomic E-state index is 0.187. The van der Waals surface area contributed by atoms with E-state index in [9.17, 15) is 0 Å². The van der Waals surface area contributed by atoms with Crippen molar-refractivity contribution >= 4 is 0 Å². The van der Waals surface area contributed by atoms with Crippen LogP contribution in [0.2, 0.25) is 0 Å². The van der Waals surface area contributed by atoms with Gasteiger partial charge in [-0.3, -0.25) is 0 Å². The van der Waals surface area contributed by atoms with E-state index in [0.717, 1.165) is 12.3 Å². The number of benzene rings is 1. The molecule has 0 fully saturated rings. The zero-order valence-corrected chi connectivity index (χ0v) is 12.6. The van der Waals surface area contributed by atoms with Gasteiger partial charge in [0.25, 0.3) is 0 Å². The molecule has 0 saturated carbocycles. The van der Waals surface area contributed by atoms with Crippen LogP contribution in [-0.4, -0.2) is 12.6 Å². The zero-order valence-electron chi connectivity index (χ0n) is 12.6. The van der Waals surface area contributed by atoms with Crippen LogP contribution in [0.1, 0.15) is 53.1 Å². The van der Waals surface area contributed by atoms with Crippen molar-refractivity contribution in [3.63, 3.8) is 0 Å². The van der Waals surface area contributed by atoms with Gasteiger partial charge in [-0.15, -0.1) is 0 Å². The minimum atomic E-state index is 0.187. The first kappa shape index (κ1) is 15.0. The summed E-state index contributed by atoms with van der Waals surface area (Å²) in [7, 11) is 0. The Morgan fingerprint density at radius 3 is 2.39 bits per heavy atom. The Balaban J connectivity index is 2.98. The molecule has 1 aromatic rings. The summed E-state index contributed by atoms with van der Waals surface area (Å²) >= 11 is 0. The molecule has 1 aromatic carbocycles. The Kier molecular flexibility index (Phi) is 5.21. The van der Waals surface area contributed by atoms with E-state index in [1.807, 2.05) is 6.07 Å². The monoisotopic (exact) mass is 249 g/mol. The van der Waals surface area contributed by atoms with Crippen molar-refractivity contribution in [2.24, 2.45) is 5.41 Å². The molecule has 0 bridgehead atoms. The molecule has 0 heterocycles. The van der Waals surface area contributed by atoms with Crippen LogP contribution in [0.4, 0.5) is 0 Å². The lowest BCUT2D eigenvalue weighted by Crippen LogP contribution is -2.32. The molecular weight excluding hydrogens is 222 g/mol. The van der Waals surface area contributed by atoms with E-state index in [-0.39, 0.29) is 11.5 Å². The summed E-state index contributed by atoms with van der Waals surface area (Å²) in [5.41, 5.74) is 1.48. The summed E-state index contributed by atoms with van der Waals surface area (Å²) in [6.07, 6.45) is 0.215. The molecule has 18 heavy (non-hydrogen) atoms. The lowest BCUT2D eigenvalue weighted by molar-refractivity contribution is 0.240. The first-order valence-corrected chi connectivity index (χ1v) is 6.84. The first-order valence-electron chi connectivity index (χ1n) is 6.84. The van der Waals surface area contributed by atoms with E-state index < -0.39 is 0 Å². The molecule has 1 atom stereocenters. The maximum atomic E-state index is 5.77. The fourth-order valence-electron chi connectivity index (χ4n) is 2.17. The molecule has 1 N–H and O–H groups in total. The Morgan fingerprint density at radius 1 is 1.22 bits per heavy atom. The summed E-state index contributed by atoms with van der Waals surface area (Å²) in [5, 5.41) is 3.56. The normalized spacial score (nSPS) is 13.7. The largest absolute Gasteiger partial charge is 0.491 e. The Morgan fingerprint density at radius 2 is 1.89 bits per heavy atom. The average Bonchev–Trinajstić information content (AvgIpc) is 2.23. The van der Waals surface area contributed by atoms with Crippen LogP contribution in [0.25, 0.3) is 0 Å². The highest BCUT2D eigenvalue weighted by molar-refractivity contribution is 5.31. The van der Waals surface area contributed by atoms with Gasteiger partial charge in [-0.2, -0.15) is 0 Å². The number of rotatable bonds is 5. The first-order chi connectivity index (χ1) is 8.34. The third kappa shape index (κ3) is 4.34. The maximum Gasteiger partial charge on any atom is 0.120 e. The van der Waals surface area contributed by atoms with Crippen molar-refractivity contribution in [2.75, 3.05) is 6.54 Å². The number of ether oxygens (including phenoxy) is 1. The van der Waals surface area contributed by atoms with Crippen molar-refractivity contribution < 1.29 is 4.74 Å². The van der Waals surface area contributed by atoms with Crippen LogP contribution < -0.4 is 10.1 Å². The third-order valence-electron chi connectivity index (χ3n) is 2.84. The third-order valence-corrected chi connectivity index (χ3v) is 2.84. The quantitative estimate of drug-likeness (QED) is 0.845. The molecule has 0 radical (unpaired) electrons. The van der Waals surface area contributed by atoms with E-state index in [4.69, 9.17) is 4.74 Å². The SMILES string of the molecule is CCNC(c1cccc(OC(C)C)c1)C(C)(C)C. The molecule has 2 heteroatoms. The average molecular weight is 249 g/mol. The molecule has 1 rings (SSSR count). The summed E-state index contributed by atoms with van der Waals surface area (Å²) in [5.74, 6) is 0.953. The zero-order chi connectivity index (χ0) is 13.8. The highest BCUT2D eigenvalue weighted by Crippen LogP contribution is 2.34. The molecular formula is C16H27NO. The van der Waals surface area contributed by atoms with Gasteiger partial charge in [0.15, 0.2) is 0 Å². The second-order valence-electron chi connectivity index (χ2n) is 6.10. The van der Waals surface area contributed by atoms with Gasteiger partial charge in [-0.25, -0.2) is 0 Å². The van der Waals surface area contributed by atoms with Crippen LogP contribution in [0.15, 0.2) is 24.3 Å². The van der Waals surface area contributed by atoms with Gasteiger partial charge >= 0.3 is 0 Å². The molecule has 1 unspecified atom stereocenters. The van der Waals surface area contributed by atoms with Crippen molar-refractivity contribution in [3.05, 3.63) is 29.8 Å². The lowest BCUT2D eigenvalue weighted by atomic mass is 9.82. The van der Waals surface area contributed by atoms with Gasteiger partial charge < -0.3 is 10.1 Å².